The van der Waals surface area contributed by atoms with Gasteiger partial charge in [0.05, 0.1) is 37.4 Å². The highest BCUT2D eigenvalue weighted by molar-refractivity contribution is 6.32. The number of anilines is 1. The van der Waals surface area contributed by atoms with Crippen molar-refractivity contribution in [1.82, 2.24) is 15.0 Å². The number of ether oxygens (including phenoxy) is 2. The van der Waals surface area contributed by atoms with Crippen molar-refractivity contribution in [2.24, 2.45) is 0 Å². The number of nitrogens with one attached hydrogen (secondary N) is 1. The van der Waals surface area contributed by atoms with Crippen LogP contribution in [0.15, 0.2) is 40.9 Å². The molecular weight excluding hydrogens is 451 g/mol. The van der Waals surface area contributed by atoms with Crippen LogP contribution in [0.5, 0.6) is 11.5 Å². The summed E-state index contributed by atoms with van der Waals surface area (Å²) in [6.07, 6.45) is 1.75. The van der Waals surface area contributed by atoms with Crippen LogP contribution in [0.25, 0.3) is 11.4 Å². The molecule has 1 saturated heterocycles. The molecule has 0 bridgehead atoms. The third-order valence-corrected chi connectivity index (χ3v) is 5.79. The molecule has 0 radical (unpaired) electrons. The van der Waals surface area contributed by atoms with E-state index in [2.05, 4.69) is 15.5 Å². The Balaban J connectivity index is 1.40. The minimum absolute atomic E-state index is 0.00785. The van der Waals surface area contributed by atoms with Gasteiger partial charge in [-0.05, 0) is 31.5 Å². The van der Waals surface area contributed by atoms with Crippen molar-refractivity contribution in [3.63, 3.8) is 0 Å². The highest BCUT2D eigenvalue weighted by Gasteiger charge is 2.27. The molecule has 1 aromatic heterocycles. The topological polar surface area (TPSA) is 89.7 Å². The van der Waals surface area contributed by atoms with Crippen LogP contribution in [-0.4, -0.2) is 54.8 Å². The number of aromatic nitrogens is 2. The Hall–Kier alpha value is -3.17. The number of halogens is 2. The van der Waals surface area contributed by atoms with E-state index in [1.54, 1.807) is 24.3 Å². The van der Waals surface area contributed by atoms with E-state index in [0.717, 1.165) is 19.4 Å². The Kier molecular flexibility index (Phi) is 7.10. The zero-order chi connectivity index (χ0) is 23.4. The first-order valence-electron chi connectivity index (χ1n) is 10.5. The number of hydrogen-bond donors (Lipinski definition) is 1. The second-order valence-corrected chi connectivity index (χ2v) is 8.18. The fourth-order valence-electron chi connectivity index (χ4n) is 3.90. The lowest BCUT2D eigenvalue weighted by atomic mass is 9.98. The largest absolute Gasteiger partial charge is 0.495 e. The molecule has 2 heterocycles. The number of methoxy groups -OCH3 is 2. The van der Waals surface area contributed by atoms with Crippen molar-refractivity contribution in [1.29, 1.82) is 0 Å². The van der Waals surface area contributed by atoms with Gasteiger partial charge in [0.1, 0.15) is 17.3 Å². The molecule has 1 atom stereocenters. The number of hydrogen-bond acceptors (Lipinski definition) is 7. The van der Waals surface area contributed by atoms with Gasteiger partial charge in [0, 0.05) is 24.2 Å². The van der Waals surface area contributed by atoms with Crippen molar-refractivity contribution >= 4 is 23.2 Å². The lowest BCUT2D eigenvalue weighted by Gasteiger charge is -2.30. The number of carbonyl (C=O) groups is 1. The van der Waals surface area contributed by atoms with E-state index in [4.69, 9.17) is 25.6 Å². The van der Waals surface area contributed by atoms with E-state index in [0.29, 0.717) is 46.0 Å². The van der Waals surface area contributed by atoms with Gasteiger partial charge < -0.3 is 19.3 Å². The summed E-state index contributed by atoms with van der Waals surface area (Å²) in [6.45, 7) is 1.56. The molecule has 1 aliphatic rings. The van der Waals surface area contributed by atoms with Gasteiger partial charge in [-0.3, -0.25) is 9.69 Å². The molecule has 3 aromatic rings. The molecule has 0 spiro atoms. The van der Waals surface area contributed by atoms with Crippen LogP contribution < -0.4 is 14.8 Å². The predicted octanol–water partition coefficient (Wildman–Crippen LogP) is 4.36. The quantitative estimate of drug-likeness (QED) is 0.544. The Morgan fingerprint density at radius 3 is 2.85 bits per heavy atom. The zero-order valence-electron chi connectivity index (χ0n) is 18.3. The molecule has 174 valence electrons. The van der Waals surface area contributed by atoms with Gasteiger partial charge in [0.25, 0.3) is 0 Å². The number of carbonyl (C=O) groups excluding carboxylic acids is 1. The van der Waals surface area contributed by atoms with E-state index < -0.39 is 0 Å². The van der Waals surface area contributed by atoms with Crippen molar-refractivity contribution in [2.45, 2.75) is 18.8 Å². The van der Waals surface area contributed by atoms with Crippen LogP contribution in [0.3, 0.4) is 0 Å². The molecule has 1 fully saturated rings. The van der Waals surface area contributed by atoms with Gasteiger partial charge in [0.2, 0.25) is 17.6 Å². The molecule has 0 aliphatic carbocycles. The number of rotatable bonds is 7. The van der Waals surface area contributed by atoms with Gasteiger partial charge in [-0.1, -0.05) is 28.9 Å². The number of amides is 1. The molecule has 2 aromatic carbocycles. The summed E-state index contributed by atoms with van der Waals surface area (Å²) in [5.74, 6) is 1.17. The molecule has 1 unspecified atom stereocenters. The average Bonchev–Trinajstić information content (AvgIpc) is 3.30. The fourth-order valence-corrected chi connectivity index (χ4v) is 4.13. The third kappa shape index (κ3) is 5.43. The Labute approximate surface area is 195 Å². The second kappa shape index (κ2) is 10.2. The van der Waals surface area contributed by atoms with Crippen LogP contribution in [-0.2, 0) is 4.79 Å². The van der Waals surface area contributed by atoms with Crippen molar-refractivity contribution in [2.75, 3.05) is 39.2 Å². The summed E-state index contributed by atoms with van der Waals surface area (Å²) in [6, 6.07) is 9.29. The van der Waals surface area contributed by atoms with Crippen LogP contribution in [0.4, 0.5) is 10.1 Å². The third-order valence-electron chi connectivity index (χ3n) is 5.49. The van der Waals surface area contributed by atoms with Gasteiger partial charge in [0.15, 0.2) is 0 Å². The minimum atomic E-state index is -0.358. The smallest absolute Gasteiger partial charge is 0.238 e. The zero-order valence-corrected chi connectivity index (χ0v) is 19.1. The van der Waals surface area contributed by atoms with E-state index in [1.807, 2.05) is 4.90 Å². The minimum Gasteiger partial charge on any atom is -0.495 e. The molecule has 1 N–H and O–H groups in total. The van der Waals surface area contributed by atoms with Crippen LogP contribution in [0, 0.1) is 5.82 Å². The molecule has 0 saturated carbocycles. The lowest BCUT2D eigenvalue weighted by molar-refractivity contribution is -0.117. The molecule has 1 aliphatic heterocycles. The normalized spacial score (nSPS) is 16.4. The Bertz CT molecular complexity index is 1140. The highest BCUT2D eigenvalue weighted by Crippen LogP contribution is 2.36. The molecule has 10 heteroatoms. The predicted molar refractivity (Wildman–Crippen MR) is 121 cm³/mol. The van der Waals surface area contributed by atoms with Crippen LogP contribution in [0.1, 0.15) is 24.7 Å². The van der Waals surface area contributed by atoms with Crippen molar-refractivity contribution in [3.8, 4) is 22.9 Å². The summed E-state index contributed by atoms with van der Waals surface area (Å²) in [5, 5.41) is 7.26. The van der Waals surface area contributed by atoms with Crippen molar-refractivity contribution < 1.29 is 23.2 Å². The van der Waals surface area contributed by atoms with Gasteiger partial charge in [-0.25, -0.2) is 4.39 Å². The van der Waals surface area contributed by atoms with Crippen molar-refractivity contribution in [3.05, 3.63) is 53.1 Å². The number of nitrogens with zero attached hydrogens (tertiary/aromatic N) is 3. The number of benzene rings is 2. The lowest BCUT2D eigenvalue weighted by Crippen LogP contribution is -2.39. The van der Waals surface area contributed by atoms with E-state index >= 15 is 0 Å². The first-order chi connectivity index (χ1) is 16.0. The maximum Gasteiger partial charge on any atom is 0.238 e. The van der Waals surface area contributed by atoms with E-state index in [1.165, 1.54) is 26.4 Å². The first-order valence-corrected chi connectivity index (χ1v) is 10.9. The Morgan fingerprint density at radius 2 is 2.09 bits per heavy atom. The number of piperidine rings is 1. The summed E-state index contributed by atoms with van der Waals surface area (Å²) >= 11 is 6.13. The molecular formula is C23H24ClFN4O4. The van der Waals surface area contributed by atoms with Crippen LogP contribution in [0.2, 0.25) is 5.02 Å². The van der Waals surface area contributed by atoms with E-state index in [9.17, 15) is 9.18 Å². The van der Waals surface area contributed by atoms with Gasteiger partial charge >= 0.3 is 0 Å². The molecule has 8 nitrogen and oxygen atoms in total. The summed E-state index contributed by atoms with van der Waals surface area (Å²) in [5.41, 5.74) is 1.04. The first kappa shape index (κ1) is 23.0. The standard InChI is InChI=1S/C23H24ClFN4O4/c1-31-19-11-18(20(32-2)10-17(19)24)26-21(30)13-29-8-4-6-15(12-29)23-27-22(28-33-23)14-5-3-7-16(25)9-14/h3,5,7,9-11,15H,4,6,8,12-13H2,1-2H3,(H,26,30). The van der Waals surface area contributed by atoms with Gasteiger partial charge in [-0.2, -0.15) is 4.98 Å². The SMILES string of the molecule is COc1cc(NC(=O)CN2CCCC(c3nc(-c4cccc(F)c4)no3)C2)c(OC)cc1Cl. The maximum atomic E-state index is 13.5. The summed E-state index contributed by atoms with van der Waals surface area (Å²) in [7, 11) is 3.01. The molecule has 33 heavy (non-hydrogen) atoms. The van der Waals surface area contributed by atoms with Crippen LogP contribution >= 0.6 is 11.6 Å². The number of likely N-dealkylation sites (tertiary alicyclic amines) is 1. The highest BCUT2D eigenvalue weighted by atomic mass is 35.5. The summed E-state index contributed by atoms with van der Waals surface area (Å²) in [4.78, 5) is 19.2. The maximum absolute atomic E-state index is 13.5. The summed E-state index contributed by atoms with van der Waals surface area (Å²) < 4.78 is 29.5. The fraction of sp³-hybridized carbons (Fsp3) is 0.348. The molecule has 4 rings (SSSR count). The molecule has 1 amide bonds. The Morgan fingerprint density at radius 1 is 1.27 bits per heavy atom. The monoisotopic (exact) mass is 474 g/mol. The van der Waals surface area contributed by atoms with E-state index in [-0.39, 0.29) is 24.2 Å². The van der Waals surface area contributed by atoms with Gasteiger partial charge in [-0.15, -0.1) is 0 Å². The average molecular weight is 475 g/mol. The second-order valence-electron chi connectivity index (χ2n) is 7.78.